The predicted molar refractivity (Wildman–Crippen MR) is 93.2 cm³/mol. The molecular weight excluding hydrogens is 310 g/mol. The van der Waals surface area contributed by atoms with Crippen LogP contribution in [0.2, 0.25) is 5.02 Å². The van der Waals surface area contributed by atoms with E-state index in [9.17, 15) is 0 Å². The number of aliphatic imine (C=N–C) groups is 1. The van der Waals surface area contributed by atoms with Crippen LogP contribution < -0.4 is 5.32 Å². The van der Waals surface area contributed by atoms with Gasteiger partial charge in [0.05, 0.1) is 13.2 Å². The molecule has 2 aliphatic heterocycles. The van der Waals surface area contributed by atoms with E-state index in [1.165, 1.54) is 5.56 Å². The van der Waals surface area contributed by atoms with Gasteiger partial charge >= 0.3 is 0 Å². The number of ether oxygens (including phenoxy) is 1. The van der Waals surface area contributed by atoms with Crippen molar-refractivity contribution >= 4 is 23.2 Å². The maximum Gasteiger partial charge on any atom is 0.199 e. The van der Waals surface area contributed by atoms with E-state index in [0.29, 0.717) is 0 Å². The van der Waals surface area contributed by atoms with Gasteiger partial charge in [0.2, 0.25) is 0 Å². The number of morpholine rings is 1. The van der Waals surface area contributed by atoms with Gasteiger partial charge in [-0.2, -0.15) is 0 Å². The zero-order valence-electron chi connectivity index (χ0n) is 12.7. The van der Waals surface area contributed by atoms with Gasteiger partial charge in [0, 0.05) is 29.4 Å². The Morgan fingerprint density at radius 1 is 1.09 bits per heavy atom. The van der Waals surface area contributed by atoms with E-state index in [1.807, 2.05) is 36.4 Å². The molecule has 0 unspecified atom stereocenters. The second-order valence-corrected chi connectivity index (χ2v) is 6.16. The van der Waals surface area contributed by atoms with Gasteiger partial charge in [0.25, 0.3) is 0 Å². The third kappa shape index (κ3) is 2.92. The van der Waals surface area contributed by atoms with E-state index in [1.54, 1.807) is 0 Å². The van der Waals surface area contributed by atoms with Gasteiger partial charge < -0.3 is 15.0 Å². The SMILES string of the molecule is Clc1ccc2c(c1)[C@H](c1ccccc1)N=C(N1CCOCC1)N2. The summed E-state index contributed by atoms with van der Waals surface area (Å²) in [4.78, 5) is 7.22. The first kappa shape index (κ1) is 14.5. The number of nitrogens with zero attached hydrogens (tertiary/aromatic N) is 2. The molecule has 2 aliphatic rings. The summed E-state index contributed by atoms with van der Waals surface area (Å²) in [6.45, 7) is 3.20. The Labute approximate surface area is 140 Å². The van der Waals surface area contributed by atoms with Gasteiger partial charge in [-0.1, -0.05) is 41.9 Å². The van der Waals surface area contributed by atoms with Crippen LogP contribution in [0.5, 0.6) is 0 Å². The van der Waals surface area contributed by atoms with Crippen LogP contribution in [0.1, 0.15) is 17.2 Å². The molecule has 1 saturated heterocycles. The number of guanidine groups is 1. The average molecular weight is 328 g/mol. The van der Waals surface area contributed by atoms with Crippen LogP contribution in [0, 0.1) is 0 Å². The van der Waals surface area contributed by atoms with Crippen molar-refractivity contribution in [2.75, 3.05) is 31.6 Å². The van der Waals surface area contributed by atoms with E-state index in [2.05, 4.69) is 22.3 Å². The minimum Gasteiger partial charge on any atom is -0.378 e. The minimum atomic E-state index is -0.0380. The summed E-state index contributed by atoms with van der Waals surface area (Å²) in [5, 5.41) is 4.19. The van der Waals surface area contributed by atoms with E-state index >= 15 is 0 Å². The fraction of sp³-hybridized carbons (Fsp3) is 0.278. The average Bonchev–Trinajstić information content (AvgIpc) is 2.62. The van der Waals surface area contributed by atoms with Gasteiger partial charge in [-0.15, -0.1) is 0 Å². The lowest BCUT2D eigenvalue weighted by Gasteiger charge is -2.34. The summed E-state index contributed by atoms with van der Waals surface area (Å²) >= 11 is 6.21. The molecule has 0 amide bonds. The molecule has 0 spiro atoms. The van der Waals surface area contributed by atoms with Crippen molar-refractivity contribution < 1.29 is 4.74 Å². The van der Waals surface area contributed by atoms with Gasteiger partial charge in [0.15, 0.2) is 5.96 Å². The summed E-state index contributed by atoms with van der Waals surface area (Å²) in [7, 11) is 0. The molecule has 4 nitrogen and oxygen atoms in total. The predicted octanol–water partition coefficient (Wildman–Crippen LogP) is 3.54. The standard InChI is InChI=1S/C18H18ClN3O/c19-14-6-7-16-15(12-14)17(13-4-2-1-3-5-13)21-18(20-16)22-8-10-23-11-9-22/h1-7,12,17H,8-11H2,(H,20,21)/t17-/m0/s1. The molecule has 0 aliphatic carbocycles. The Morgan fingerprint density at radius 2 is 1.87 bits per heavy atom. The molecule has 0 saturated carbocycles. The third-order valence-corrected chi connectivity index (χ3v) is 4.47. The monoisotopic (exact) mass is 327 g/mol. The molecule has 2 heterocycles. The summed E-state index contributed by atoms with van der Waals surface area (Å²) in [5.74, 6) is 0.914. The second-order valence-electron chi connectivity index (χ2n) is 5.72. The fourth-order valence-electron chi connectivity index (χ4n) is 3.04. The van der Waals surface area contributed by atoms with Crippen molar-refractivity contribution in [3.05, 3.63) is 64.7 Å². The normalized spacial score (nSPS) is 20.5. The van der Waals surface area contributed by atoms with Crippen molar-refractivity contribution in [2.45, 2.75) is 6.04 Å². The van der Waals surface area contributed by atoms with Gasteiger partial charge in [-0.25, -0.2) is 4.99 Å². The van der Waals surface area contributed by atoms with Crippen molar-refractivity contribution in [1.82, 2.24) is 4.90 Å². The van der Waals surface area contributed by atoms with Crippen LogP contribution >= 0.6 is 11.6 Å². The van der Waals surface area contributed by atoms with Crippen molar-refractivity contribution in [1.29, 1.82) is 0 Å². The highest BCUT2D eigenvalue weighted by Gasteiger charge is 2.26. The molecule has 118 valence electrons. The molecule has 1 atom stereocenters. The Bertz CT molecular complexity index is 726. The van der Waals surface area contributed by atoms with Crippen molar-refractivity contribution in [2.24, 2.45) is 4.99 Å². The molecule has 23 heavy (non-hydrogen) atoms. The first-order valence-corrected chi connectivity index (χ1v) is 8.21. The van der Waals surface area contributed by atoms with Crippen molar-refractivity contribution in [3.8, 4) is 0 Å². The van der Waals surface area contributed by atoms with Crippen molar-refractivity contribution in [3.63, 3.8) is 0 Å². The number of anilines is 1. The topological polar surface area (TPSA) is 36.9 Å². The van der Waals surface area contributed by atoms with Crippen LogP contribution in [-0.2, 0) is 4.74 Å². The maximum atomic E-state index is 6.21. The molecule has 2 aromatic carbocycles. The lowest BCUT2D eigenvalue weighted by atomic mass is 9.96. The van der Waals surface area contributed by atoms with Gasteiger partial charge in [-0.3, -0.25) is 0 Å². The Morgan fingerprint density at radius 3 is 2.65 bits per heavy atom. The van der Waals surface area contributed by atoms with Crippen LogP contribution in [-0.4, -0.2) is 37.2 Å². The van der Waals surface area contributed by atoms with E-state index in [-0.39, 0.29) is 6.04 Å². The number of hydrogen-bond donors (Lipinski definition) is 1. The van der Waals surface area contributed by atoms with Gasteiger partial charge in [-0.05, 0) is 23.8 Å². The number of benzene rings is 2. The van der Waals surface area contributed by atoms with Crippen LogP contribution in [0.3, 0.4) is 0 Å². The van der Waals surface area contributed by atoms with Gasteiger partial charge in [0.1, 0.15) is 6.04 Å². The fourth-order valence-corrected chi connectivity index (χ4v) is 3.22. The highest BCUT2D eigenvalue weighted by atomic mass is 35.5. The number of halogens is 1. The summed E-state index contributed by atoms with van der Waals surface area (Å²) in [6.07, 6.45) is 0. The first-order chi connectivity index (χ1) is 11.3. The number of fused-ring (bicyclic) bond motifs is 1. The smallest absolute Gasteiger partial charge is 0.199 e. The summed E-state index contributed by atoms with van der Waals surface area (Å²) in [6, 6.07) is 16.3. The molecule has 1 fully saturated rings. The number of rotatable bonds is 1. The quantitative estimate of drug-likeness (QED) is 0.870. The maximum absolute atomic E-state index is 6.21. The van der Waals surface area contributed by atoms with E-state index in [4.69, 9.17) is 21.3 Å². The lowest BCUT2D eigenvalue weighted by molar-refractivity contribution is 0.0678. The number of nitrogens with one attached hydrogen (secondary N) is 1. The molecule has 0 radical (unpaired) electrons. The Kier molecular flexibility index (Phi) is 3.93. The highest BCUT2D eigenvalue weighted by Crippen LogP contribution is 2.36. The molecule has 0 aromatic heterocycles. The third-order valence-electron chi connectivity index (χ3n) is 4.23. The van der Waals surface area contributed by atoms with E-state index < -0.39 is 0 Å². The molecule has 4 rings (SSSR count). The Balaban J connectivity index is 1.76. The molecule has 1 N–H and O–H groups in total. The van der Waals surface area contributed by atoms with E-state index in [0.717, 1.165) is 48.5 Å². The van der Waals surface area contributed by atoms with Crippen LogP contribution in [0.15, 0.2) is 53.5 Å². The Hall–Kier alpha value is -2.04. The first-order valence-electron chi connectivity index (χ1n) is 7.83. The van der Waals surface area contributed by atoms with Crippen LogP contribution in [0.25, 0.3) is 0 Å². The molecular formula is C18H18ClN3O. The summed E-state index contributed by atoms with van der Waals surface area (Å²) < 4.78 is 5.45. The zero-order valence-corrected chi connectivity index (χ0v) is 13.5. The highest BCUT2D eigenvalue weighted by molar-refractivity contribution is 6.30. The molecule has 0 bridgehead atoms. The molecule has 5 heteroatoms. The minimum absolute atomic E-state index is 0.0380. The zero-order chi connectivity index (χ0) is 15.6. The molecule has 2 aromatic rings. The lowest BCUT2D eigenvalue weighted by Crippen LogP contribution is -2.45. The second kappa shape index (κ2) is 6.22. The largest absolute Gasteiger partial charge is 0.378 e. The van der Waals surface area contributed by atoms with Crippen LogP contribution in [0.4, 0.5) is 5.69 Å². The summed E-state index contributed by atoms with van der Waals surface area (Å²) in [5.41, 5.74) is 3.35. The number of hydrogen-bond acceptors (Lipinski definition) is 4.